The molecule has 1 rings (SSSR count). The Balaban J connectivity index is 3.73. The van der Waals surface area contributed by atoms with Crippen molar-refractivity contribution in [2.45, 2.75) is 19.9 Å². The van der Waals surface area contributed by atoms with Crippen molar-refractivity contribution in [2.24, 2.45) is 11.1 Å². The molecule has 0 saturated carbocycles. The van der Waals surface area contributed by atoms with Gasteiger partial charge in [-0.3, -0.25) is 0 Å². The third-order valence-corrected chi connectivity index (χ3v) is 7.51. The van der Waals surface area contributed by atoms with Crippen LogP contribution in [0.4, 0.5) is 0 Å². The zero-order valence-electron chi connectivity index (χ0n) is 12.6. The fraction of sp³-hybridized carbons (Fsp3) is 0.429. The lowest BCUT2D eigenvalue weighted by Crippen LogP contribution is -2.47. The van der Waals surface area contributed by atoms with E-state index in [1.165, 1.54) is 26.0 Å². The molecule has 0 saturated heterocycles. The van der Waals surface area contributed by atoms with Gasteiger partial charge in [-0.15, -0.1) is 0 Å². The Morgan fingerprint density at radius 3 is 1.95 bits per heavy atom. The minimum absolute atomic E-state index is 0.266. The molecule has 22 heavy (non-hydrogen) atoms. The summed E-state index contributed by atoms with van der Waals surface area (Å²) in [6, 6.07) is -1.02. The van der Waals surface area contributed by atoms with E-state index >= 15 is 0 Å². The lowest BCUT2D eigenvalue weighted by molar-refractivity contribution is 0.398. The van der Waals surface area contributed by atoms with Gasteiger partial charge in [-0.2, -0.15) is 0 Å². The van der Waals surface area contributed by atoms with Crippen LogP contribution in [0.5, 0.6) is 0 Å². The highest BCUT2D eigenvalue weighted by atomic mass is 32.2. The lowest BCUT2D eigenvalue weighted by Gasteiger charge is -2.39. The second kappa shape index (κ2) is 6.02. The summed E-state index contributed by atoms with van der Waals surface area (Å²) in [6.45, 7) is 9.96. The van der Waals surface area contributed by atoms with E-state index in [0.29, 0.717) is 0 Å². The average molecular weight is 347 g/mol. The molecule has 1 aliphatic rings. The highest BCUT2D eigenvalue weighted by molar-refractivity contribution is 7.96. The molecule has 1 unspecified atom stereocenters. The maximum atomic E-state index is 12.2. The van der Waals surface area contributed by atoms with Crippen molar-refractivity contribution in [3.05, 3.63) is 47.0 Å². The Morgan fingerprint density at radius 1 is 1.18 bits per heavy atom. The van der Waals surface area contributed by atoms with Gasteiger partial charge in [0.15, 0.2) is 19.7 Å². The molecule has 0 aromatic heterocycles. The molecule has 3 N–H and O–H groups in total. The van der Waals surface area contributed by atoms with Crippen molar-refractivity contribution in [2.75, 3.05) is 11.5 Å². The minimum atomic E-state index is -3.82. The fourth-order valence-corrected chi connectivity index (χ4v) is 4.71. The van der Waals surface area contributed by atoms with E-state index in [4.69, 9.17) is 5.73 Å². The van der Waals surface area contributed by atoms with Crippen LogP contribution in [0.1, 0.15) is 13.8 Å². The Labute approximate surface area is 131 Å². The van der Waals surface area contributed by atoms with E-state index in [-0.39, 0.29) is 27.1 Å². The van der Waals surface area contributed by atoms with Gasteiger partial charge in [0.25, 0.3) is 0 Å². The quantitative estimate of drug-likeness (QED) is 0.746. The summed E-state index contributed by atoms with van der Waals surface area (Å²) in [6.07, 6.45) is 3.71. The summed E-state index contributed by atoms with van der Waals surface area (Å²) in [4.78, 5) is -0.763. The first-order valence-corrected chi connectivity index (χ1v) is 9.96. The number of sulfone groups is 2. The van der Waals surface area contributed by atoms with Gasteiger partial charge in [0, 0.05) is 6.04 Å². The molecule has 0 fully saturated rings. The van der Waals surface area contributed by atoms with Gasteiger partial charge in [-0.1, -0.05) is 33.1 Å². The SMILES string of the molecule is C=C(C1(C(=C)S(=O)(=O)CC)C=C(O)C=CC1N)S(=O)(=O)CC. The highest BCUT2D eigenvalue weighted by Crippen LogP contribution is 2.46. The summed E-state index contributed by atoms with van der Waals surface area (Å²) in [5, 5.41) is 9.78. The van der Waals surface area contributed by atoms with E-state index in [0.717, 1.165) is 6.08 Å². The van der Waals surface area contributed by atoms with Crippen molar-refractivity contribution in [3.8, 4) is 0 Å². The molecule has 8 heteroatoms. The first kappa shape index (κ1) is 18.7. The lowest BCUT2D eigenvalue weighted by atomic mass is 9.77. The van der Waals surface area contributed by atoms with E-state index in [2.05, 4.69) is 13.2 Å². The largest absolute Gasteiger partial charge is 0.508 e. The third kappa shape index (κ3) is 2.90. The van der Waals surface area contributed by atoms with Crippen LogP contribution in [-0.4, -0.2) is 39.5 Å². The van der Waals surface area contributed by atoms with Gasteiger partial charge in [0.05, 0.1) is 26.7 Å². The average Bonchev–Trinajstić information content (AvgIpc) is 2.48. The number of allylic oxidation sites excluding steroid dienone is 1. The molecule has 1 aliphatic carbocycles. The van der Waals surface area contributed by atoms with Crippen molar-refractivity contribution in [1.29, 1.82) is 0 Å². The van der Waals surface area contributed by atoms with Crippen LogP contribution >= 0.6 is 0 Å². The Hall–Kier alpha value is -1.38. The zero-order valence-corrected chi connectivity index (χ0v) is 14.2. The molecule has 6 nitrogen and oxygen atoms in total. The highest BCUT2D eigenvalue weighted by Gasteiger charge is 2.49. The molecule has 0 spiro atoms. The Bertz CT molecular complexity index is 711. The predicted molar refractivity (Wildman–Crippen MR) is 87.5 cm³/mol. The molecule has 0 bridgehead atoms. The van der Waals surface area contributed by atoms with Crippen molar-refractivity contribution in [3.63, 3.8) is 0 Å². The smallest absolute Gasteiger partial charge is 0.175 e. The summed E-state index contributed by atoms with van der Waals surface area (Å²) in [5.74, 6) is -0.822. The van der Waals surface area contributed by atoms with E-state index in [1.54, 1.807) is 0 Å². The summed E-state index contributed by atoms with van der Waals surface area (Å²) in [7, 11) is -7.63. The number of aliphatic hydroxyl groups is 1. The molecule has 124 valence electrons. The fourth-order valence-electron chi connectivity index (χ4n) is 2.28. The summed E-state index contributed by atoms with van der Waals surface area (Å²) in [5.41, 5.74) is 4.20. The van der Waals surface area contributed by atoms with Gasteiger partial charge < -0.3 is 10.8 Å². The van der Waals surface area contributed by atoms with Gasteiger partial charge in [-0.05, 0) is 12.2 Å². The van der Waals surface area contributed by atoms with Crippen molar-refractivity contribution in [1.82, 2.24) is 0 Å². The first-order valence-electron chi connectivity index (χ1n) is 6.65. The predicted octanol–water partition coefficient (Wildman–Crippen LogP) is 1.21. The first-order chi connectivity index (χ1) is 9.95. The number of hydrogen-bond acceptors (Lipinski definition) is 6. The molecule has 0 heterocycles. The molecule has 1 atom stereocenters. The molecular formula is C14H21NO5S2. The number of nitrogens with two attached hydrogens (primary N) is 1. The topological polar surface area (TPSA) is 115 Å². The van der Waals surface area contributed by atoms with Gasteiger partial charge >= 0.3 is 0 Å². The van der Waals surface area contributed by atoms with Crippen molar-refractivity contribution >= 4 is 19.7 Å². The van der Waals surface area contributed by atoms with Crippen LogP contribution in [0.15, 0.2) is 47.0 Å². The van der Waals surface area contributed by atoms with Gasteiger partial charge in [-0.25, -0.2) is 16.8 Å². The van der Waals surface area contributed by atoms with Crippen LogP contribution < -0.4 is 5.73 Å². The number of aliphatic hydroxyl groups excluding tert-OH is 1. The van der Waals surface area contributed by atoms with Gasteiger partial charge in [0.1, 0.15) is 5.76 Å². The molecule has 0 amide bonds. The Morgan fingerprint density at radius 2 is 1.59 bits per heavy atom. The third-order valence-electron chi connectivity index (χ3n) is 3.81. The summed E-state index contributed by atoms with van der Waals surface area (Å²) < 4.78 is 49.0. The standard InChI is InChI=1S/C14H21NO5S2/c1-5-21(17,18)10(3)14(11(4)22(19,20)6-2)9-12(16)7-8-13(14)15/h7-9,13,16H,3-6,15H2,1-2H3. The second-order valence-electron chi connectivity index (χ2n) is 4.98. The van der Waals surface area contributed by atoms with E-state index < -0.39 is 31.1 Å². The molecular weight excluding hydrogens is 326 g/mol. The molecule has 0 aliphatic heterocycles. The van der Waals surface area contributed by atoms with E-state index in [9.17, 15) is 21.9 Å². The minimum Gasteiger partial charge on any atom is -0.508 e. The second-order valence-corrected chi connectivity index (χ2v) is 9.58. The molecule has 0 radical (unpaired) electrons. The van der Waals surface area contributed by atoms with Crippen LogP contribution in [0.25, 0.3) is 0 Å². The maximum Gasteiger partial charge on any atom is 0.175 e. The van der Waals surface area contributed by atoms with Crippen LogP contribution in [0.2, 0.25) is 0 Å². The maximum absolute atomic E-state index is 12.2. The Kier molecular flexibility index (Phi) is 5.11. The number of rotatable bonds is 6. The van der Waals surface area contributed by atoms with Crippen molar-refractivity contribution < 1.29 is 21.9 Å². The van der Waals surface area contributed by atoms with Crippen LogP contribution in [-0.2, 0) is 19.7 Å². The monoisotopic (exact) mass is 347 g/mol. The zero-order chi connectivity index (χ0) is 17.3. The van der Waals surface area contributed by atoms with E-state index in [1.807, 2.05) is 0 Å². The van der Waals surface area contributed by atoms with Crippen LogP contribution in [0, 0.1) is 5.41 Å². The summed E-state index contributed by atoms with van der Waals surface area (Å²) >= 11 is 0. The molecule has 0 aromatic carbocycles. The normalized spacial score (nSPS) is 21.2. The molecule has 0 aromatic rings. The number of hydrogen-bond donors (Lipinski definition) is 2. The van der Waals surface area contributed by atoms with Gasteiger partial charge in [0.2, 0.25) is 0 Å². The van der Waals surface area contributed by atoms with Crippen LogP contribution in [0.3, 0.4) is 0 Å².